The summed E-state index contributed by atoms with van der Waals surface area (Å²) in [7, 11) is 0. The molecular weight excluding hydrogens is 474 g/mol. The number of hydrogen-bond donors (Lipinski definition) is 2. The fourth-order valence-electron chi connectivity index (χ4n) is 3.41. The van der Waals surface area contributed by atoms with Crippen molar-refractivity contribution < 1.29 is 22.6 Å². The molecule has 0 radical (unpaired) electrons. The normalized spacial score (nSPS) is 23.1. The maximum absolute atomic E-state index is 12.9. The predicted octanol–water partition coefficient (Wildman–Crippen LogP) is 4.56. The molecule has 3 N–H and O–H groups in total. The van der Waals surface area contributed by atoms with Gasteiger partial charge < -0.3 is 20.5 Å². The zero-order chi connectivity index (χ0) is 18.6. The van der Waals surface area contributed by atoms with Crippen LogP contribution in [0.1, 0.15) is 32.1 Å². The van der Waals surface area contributed by atoms with Gasteiger partial charge >= 0.3 is 6.18 Å². The van der Waals surface area contributed by atoms with Crippen molar-refractivity contribution in [1.29, 1.82) is 0 Å². The minimum absolute atomic E-state index is 0. The summed E-state index contributed by atoms with van der Waals surface area (Å²) in [5, 5.41) is 2.96. The molecule has 2 unspecified atom stereocenters. The molecular formula is C18H25F3IN3O2. The Balaban J connectivity index is 0.00000261. The van der Waals surface area contributed by atoms with Crippen LogP contribution >= 0.6 is 24.0 Å². The molecule has 152 valence electrons. The Kier molecular flexibility index (Phi) is 7.87. The van der Waals surface area contributed by atoms with E-state index in [1.54, 1.807) is 18.2 Å². The number of ether oxygens (including phenoxy) is 2. The van der Waals surface area contributed by atoms with Crippen LogP contribution in [0.15, 0.2) is 23.2 Å². The van der Waals surface area contributed by atoms with Gasteiger partial charge in [-0.1, -0.05) is 6.42 Å². The Hall–Kier alpha value is -1.39. The van der Waals surface area contributed by atoms with Crippen LogP contribution in [0.25, 0.3) is 0 Å². The zero-order valence-electron chi connectivity index (χ0n) is 14.9. The van der Waals surface area contributed by atoms with Crippen molar-refractivity contribution in [1.82, 2.24) is 0 Å². The molecule has 0 aromatic heterocycles. The number of aliphatic imine (C=N–C) groups is 1. The van der Waals surface area contributed by atoms with Crippen molar-refractivity contribution in [3.05, 3.63) is 18.2 Å². The molecule has 27 heavy (non-hydrogen) atoms. The lowest BCUT2D eigenvalue weighted by molar-refractivity contribution is -0.185. The van der Waals surface area contributed by atoms with Crippen molar-refractivity contribution in [2.75, 3.05) is 25.1 Å². The number of fused-ring (bicyclic) bond motifs is 1. The third kappa shape index (κ3) is 6.32. The molecule has 1 aliphatic carbocycles. The van der Waals surface area contributed by atoms with E-state index in [-0.39, 0.29) is 48.7 Å². The molecule has 0 spiro atoms. The van der Waals surface area contributed by atoms with Gasteiger partial charge in [-0.15, -0.1) is 24.0 Å². The fourth-order valence-corrected chi connectivity index (χ4v) is 3.41. The molecule has 0 saturated heterocycles. The van der Waals surface area contributed by atoms with Gasteiger partial charge in [0.05, 0.1) is 19.1 Å². The van der Waals surface area contributed by atoms with E-state index in [0.29, 0.717) is 43.4 Å². The van der Waals surface area contributed by atoms with Crippen molar-refractivity contribution in [2.45, 2.75) is 38.3 Å². The molecule has 0 bridgehead atoms. The van der Waals surface area contributed by atoms with Crippen molar-refractivity contribution in [3.8, 4) is 11.5 Å². The Morgan fingerprint density at radius 2 is 1.89 bits per heavy atom. The molecule has 5 nitrogen and oxygen atoms in total. The first-order chi connectivity index (χ1) is 12.4. The van der Waals surface area contributed by atoms with Gasteiger partial charge in [-0.3, -0.25) is 4.99 Å². The number of nitrogens with two attached hydrogens (primary N) is 1. The first-order valence-electron chi connectivity index (χ1n) is 8.95. The summed E-state index contributed by atoms with van der Waals surface area (Å²) in [6.45, 7) is 1.50. The minimum atomic E-state index is -4.11. The molecule has 1 saturated carbocycles. The van der Waals surface area contributed by atoms with Crippen LogP contribution in [0.4, 0.5) is 18.9 Å². The standard InChI is InChI=1S/C18H24F3N3O2.HI/c19-18(20,21)13-4-1-3-12(9-13)11-23-17(22)24-14-5-6-15-16(10-14)26-8-2-7-25-15;/h5-6,10,12-13H,1-4,7-9,11H2,(H3,22,23,24);1H. The molecule has 3 rings (SSSR count). The molecule has 1 heterocycles. The maximum Gasteiger partial charge on any atom is 0.391 e. The molecule has 1 aromatic carbocycles. The molecule has 9 heteroatoms. The number of nitrogens with one attached hydrogen (secondary N) is 1. The van der Waals surface area contributed by atoms with Gasteiger partial charge in [-0.2, -0.15) is 13.2 Å². The summed E-state index contributed by atoms with van der Waals surface area (Å²) < 4.78 is 49.8. The molecule has 1 fully saturated rings. The molecule has 2 atom stereocenters. The van der Waals surface area contributed by atoms with Crippen LogP contribution < -0.4 is 20.5 Å². The first-order valence-corrected chi connectivity index (χ1v) is 8.95. The summed E-state index contributed by atoms with van der Waals surface area (Å²) in [4.78, 5) is 4.23. The minimum Gasteiger partial charge on any atom is -0.490 e. The lowest BCUT2D eigenvalue weighted by Crippen LogP contribution is -2.30. The average Bonchev–Trinajstić information content (AvgIpc) is 2.84. The number of nitrogens with zero attached hydrogens (tertiary/aromatic N) is 1. The molecule has 1 aromatic rings. The number of alkyl halides is 3. The van der Waals surface area contributed by atoms with Crippen molar-refractivity contribution >= 4 is 35.6 Å². The van der Waals surface area contributed by atoms with Crippen LogP contribution in [0.3, 0.4) is 0 Å². The molecule has 1 aliphatic heterocycles. The number of rotatable bonds is 3. The van der Waals surface area contributed by atoms with Crippen LogP contribution in [0, 0.1) is 11.8 Å². The quantitative estimate of drug-likeness (QED) is 0.364. The molecule has 0 amide bonds. The maximum atomic E-state index is 12.9. The van der Waals surface area contributed by atoms with Crippen LogP contribution in [0.5, 0.6) is 11.5 Å². The predicted molar refractivity (Wildman–Crippen MR) is 109 cm³/mol. The SMILES string of the molecule is I.NC(=NCC1CCCC(C(F)(F)F)C1)Nc1ccc2c(c1)OCCCO2. The second-order valence-electron chi connectivity index (χ2n) is 6.83. The van der Waals surface area contributed by atoms with E-state index in [4.69, 9.17) is 15.2 Å². The van der Waals surface area contributed by atoms with E-state index in [2.05, 4.69) is 10.3 Å². The van der Waals surface area contributed by atoms with Gasteiger partial charge in [0.15, 0.2) is 17.5 Å². The van der Waals surface area contributed by atoms with Gasteiger partial charge in [0.2, 0.25) is 0 Å². The van der Waals surface area contributed by atoms with E-state index in [9.17, 15) is 13.2 Å². The second kappa shape index (κ2) is 9.70. The van der Waals surface area contributed by atoms with Gasteiger partial charge in [-0.05, 0) is 37.3 Å². The highest BCUT2D eigenvalue weighted by Gasteiger charge is 2.41. The number of hydrogen-bond acceptors (Lipinski definition) is 3. The third-order valence-electron chi connectivity index (χ3n) is 4.79. The van der Waals surface area contributed by atoms with Gasteiger partial charge in [-0.25, -0.2) is 0 Å². The van der Waals surface area contributed by atoms with Gasteiger partial charge in [0, 0.05) is 24.7 Å². The van der Waals surface area contributed by atoms with E-state index < -0.39 is 12.1 Å². The zero-order valence-corrected chi connectivity index (χ0v) is 17.3. The highest BCUT2D eigenvalue weighted by atomic mass is 127. The van der Waals surface area contributed by atoms with Crippen LogP contribution in [-0.2, 0) is 0 Å². The number of guanidine groups is 1. The topological polar surface area (TPSA) is 68.9 Å². The van der Waals surface area contributed by atoms with E-state index in [1.165, 1.54) is 0 Å². The Morgan fingerprint density at radius 3 is 2.63 bits per heavy atom. The van der Waals surface area contributed by atoms with Gasteiger partial charge in [0.1, 0.15) is 0 Å². The fraction of sp³-hybridized carbons (Fsp3) is 0.611. The average molecular weight is 499 g/mol. The summed E-state index contributed by atoms with van der Waals surface area (Å²) in [5.74, 6) is 0.213. The summed E-state index contributed by atoms with van der Waals surface area (Å²) in [6.07, 6.45) is -1.61. The van der Waals surface area contributed by atoms with Crippen molar-refractivity contribution in [3.63, 3.8) is 0 Å². The first kappa shape index (κ1) is 21.9. The smallest absolute Gasteiger partial charge is 0.391 e. The largest absolute Gasteiger partial charge is 0.490 e. The number of anilines is 1. The highest BCUT2D eigenvalue weighted by molar-refractivity contribution is 14.0. The van der Waals surface area contributed by atoms with E-state index in [0.717, 1.165) is 12.8 Å². The number of benzene rings is 1. The van der Waals surface area contributed by atoms with Gasteiger partial charge in [0.25, 0.3) is 0 Å². The second-order valence-corrected chi connectivity index (χ2v) is 6.83. The summed E-state index contributed by atoms with van der Waals surface area (Å²) in [6, 6.07) is 5.38. The Morgan fingerprint density at radius 1 is 1.15 bits per heavy atom. The Bertz CT molecular complexity index is 655. The summed E-state index contributed by atoms with van der Waals surface area (Å²) >= 11 is 0. The van der Waals surface area contributed by atoms with Crippen LogP contribution in [0.2, 0.25) is 0 Å². The number of halogens is 4. The van der Waals surface area contributed by atoms with E-state index >= 15 is 0 Å². The molecule has 2 aliphatic rings. The lowest BCUT2D eigenvalue weighted by Gasteiger charge is -2.29. The van der Waals surface area contributed by atoms with Crippen LogP contribution in [-0.4, -0.2) is 31.9 Å². The lowest BCUT2D eigenvalue weighted by atomic mass is 9.81. The monoisotopic (exact) mass is 499 g/mol. The van der Waals surface area contributed by atoms with E-state index in [1.807, 2.05) is 0 Å². The highest BCUT2D eigenvalue weighted by Crippen LogP contribution is 2.40. The summed E-state index contributed by atoms with van der Waals surface area (Å²) in [5.41, 5.74) is 6.60. The Labute approximate surface area is 173 Å². The van der Waals surface area contributed by atoms with Crippen molar-refractivity contribution in [2.24, 2.45) is 22.6 Å². The third-order valence-corrected chi connectivity index (χ3v) is 4.79.